The lowest BCUT2D eigenvalue weighted by Gasteiger charge is -2.24. The Labute approximate surface area is 133 Å². The fourth-order valence-corrected chi connectivity index (χ4v) is 1.74. The minimum Gasteiger partial charge on any atom is -0.444 e. The van der Waals surface area contributed by atoms with Gasteiger partial charge in [0.25, 0.3) is 5.91 Å². The Kier molecular flexibility index (Phi) is 6.20. The molecule has 0 radical (unpaired) electrons. The summed E-state index contributed by atoms with van der Waals surface area (Å²) in [6, 6.07) is 7.08. The molecule has 0 heterocycles. The van der Waals surface area contributed by atoms with Crippen LogP contribution in [0.15, 0.2) is 28.7 Å². The van der Waals surface area contributed by atoms with E-state index in [1.165, 1.54) is 4.90 Å². The molecule has 0 fully saturated rings. The summed E-state index contributed by atoms with van der Waals surface area (Å²) in [7, 11) is 1.64. The summed E-state index contributed by atoms with van der Waals surface area (Å²) in [5.41, 5.74) is 0.0598. The third kappa shape index (κ3) is 6.62. The topological polar surface area (TPSA) is 58.6 Å². The fourth-order valence-electron chi connectivity index (χ4n) is 1.47. The highest BCUT2D eigenvalue weighted by atomic mass is 79.9. The van der Waals surface area contributed by atoms with Gasteiger partial charge in [-0.3, -0.25) is 4.79 Å². The number of nitrogens with one attached hydrogen (secondary N) is 1. The molecule has 0 unspecified atom stereocenters. The van der Waals surface area contributed by atoms with Gasteiger partial charge in [0.2, 0.25) is 0 Å². The molecular weight excluding hydrogens is 336 g/mol. The maximum atomic E-state index is 11.9. The molecule has 21 heavy (non-hydrogen) atoms. The molecule has 1 rings (SSSR count). The van der Waals surface area contributed by atoms with Crippen molar-refractivity contribution in [2.75, 3.05) is 20.1 Å². The van der Waals surface area contributed by atoms with Gasteiger partial charge in [-0.1, -0.05) is 15.9 Å². The maximum absolute atomic E-state index is 11.9. The quantitative estimate of drug-likeness (QED) is 0.901. The zero-order valence-corrected chi connectivity index (χ0v) is 14.4. The Morgan fingerprint density at radius 2 is 1.81 bits per heavy atom. The molecular formula is C15H21BrN2O3. The van der Waals surface area contributed by atoms with Gasteiger partial charge in [0.05, 0.1) is 0 Å². The summed E-state index contributed by atoms with van der Waals surface area (Å²) in [5, 5.41) is 2.76. The molecule has 5 nitrogen and oxygen atoms in total. The van der Waals surface area contributed by atoms with E-state index in [9.17, 15) is 9.59 Å². The van der Waals surface area contributed by atoms with Crippen LogP contribution in [-0.2, 0) is 4.74 Å². The number of hydrogen-bond acceptors (Lipinski definition) is 3. The summed E-state index contributed by atoms with van der Waals surface area (Å²) in [5.74, 6) is -0.167. The lowest BCUT2D eigenvalue weighted by molar-refractivity contribution is 0.0299. The second-order valence-electron chi connectivity index (χ2n) is 5.66. The molecule has 0 aliphatic rings. The van der Waals surface area contributed by atoms with Crippen LogP contribution in [0.3, 0.4) is 0 Å². The van der Waals surface area contributed by atoms with E-state index in [2.05, 4.69) is 21.2 Å². The van der Waals surface area contributed by atoms with Crippen molar-refractivity contribution in [3.63, 3.8) is 0 Å². The number of rotatable bonds is 4. The minimum atomic E-state index is -0.522. The van der Waals surface area contributed by atoms with Gasteiger partial charge in [-0.15, -0.1) is 0 Å². The van der Waals surface area contributed by atoms with Crippen LogP contribution in [0.25, 0.3) is 0 Å². The zero-order chi connectivity index (χ0) is 16.0. The number of carbonyl (C=O) groups is 2. The van der Waals surface area contributed by atoms with Crippen molar-refractivity contribution in [2.24, 2.45) is 0 Å². The number of hydrogen-bond donors (Lipinski definition) is 1. The van der Waals surface area contributed by atoms with E-state index in [1.807, 2.05) is 32.9 Å². The molecule has 0 saturated carbocycles. The highest BCUT2D eigenvalue weighted by molar-refractivity contribution is 9.10. The average Bonchev–Trinajstić information content (AvgIpc) is 2.37. The average molecular weight is 357 g/mol. The normalized spacial score (nSPS) is 10.9. The van der Waals surface area contributed by atoms with Crippen LogP contribution in [-0.4, -0.2) is 42.6 Å². The number of likely N-dealkylation sites (N-methyl/N-ethyl adjacent to an activating group) is 1. The summed E-state index contributed by atoms with van der Waals surface area (Å²) in [6.45, 7) is 6.19. The molecule has 0 saturated heterocycles. The Hall–Kier alpha value is -1.56. The Bertz CT molecular complexity index is 495. The van der Waals surface area contributed by atoms with Crippen molar-refractivity contribution in [1.82, 2.24) is 10.2 Å². The second-order valence-corrected chi connectivity index (χ2v) is 6.58. The second kappa shape index (κ2) is 7.45. The fraction of sp³-hybridized carbons (Fsp3) is 0.467. The van der Waals surface area contributed by atoms with E-state index in [0.29, 0.717) is 18.7 Å². The van der Waals surface area contributed by atoms with Crippen LogP contribution in [0.5, 0.6) is 0 Å². The third-order valence-corrected chi connectivity index (χ3v) is 3.07. The molecule has 0 bridgehead atoms. The predicted molar refractivity (Wildman–Crippen MR) is 85.3 cm³/mol. The number of nitrogens with zero attached hydrogens (tertiary/aromatic N) is 1. The van der Waals surface area contributed by atoms with E-state index in [4.69, 9.17) is 4.74 Å². The lowest BCUT2D eigenvalue weighted by atomic mass is 10.2. The van der Waals surface area contributed by atoms with Crippen molar-refractivity contribution < 1.29 is 14.3 Å². The molecule has 1 aromatic carbocycles. The van der Waals surface area contributed by atoms with Gasteiger partial charge in [0.1, 0.15) is 5.60 Å². The van der Waals surface area contributed by atoms with Gasteiger partial charge in [0.15, 0.2) is 0 Å². The van der Waals surface area contributed by atoms with Crippen LogP contribution in [0, 0.1) is 0 Å². The first kappa shape index (κ1) is 17.5. The van der Waals surface area contributed by atoms with Gasteiger partial charge >= 0.3 is 6.09 Å². The molecule has 0 aromatic heterocycles. The van der Waals surface area contributed by atoms with Crippen molar-refractivity contribution in [1.29, 1.82) is 0 Å². The highest BCUT2D eigenvalue weighted by Crippen LogP contribution is 2.10. The Morgan fingerprint density at radius 3 is 2.33 bits per heavy atom. The first-order chi connectivity index (χ1) is 9.69. The molecule has 0 spiro atoms. The first-order valence-electron chi connectivity index (χ1n) is 6.67. The SMILES string of the molecule is CN(CCNC(=O)c1ccc(Br)cc1)C(=O)OC(C)(C)C. The molecule has 116 valence electrons. The summed E-state index contributed by atoms with van der Waals surface area (Å²) < 4.78 is 6.14. The predicted octanol–water partition coefficient (Wildman–Crippen LogP) is 3.05. The third-order valence-electron chi connectivity index (χ3n) is 2.54. The highest BCUT2D eigenvalue weighted by Gasteiger charge is 2.19. The maximum Gasteiger partial charge on any atom is 0.410 e. The van der Waals surface area contributed by atoms with Crippen molar-refractivity contribution in [3.05, 3.63) is 34.3 Å². The van der Waals surface area contributed by atoms with E-state index in [0.717, 1.165) is 4.47 Å². The number of amides is 2. The Morgan fingerprint density at radius 1 is 1.24 bits per heavy atom. The molecule has 2 amide bonds. The van der Waals surface area contributed by atoms with Crippen molar-refractivity contribution >= 4 is 27.9 Å². The van der Waals surface area contributed by atoms with Crippen molar-refractivity contribution in [3.8, 4) is 0 Å². The molecule has 1 aromatic rings. The molecule has 6 heteroatoms. The number of benzene rings is 1. The van der Waals surface area contributed by atoms with Gasteiger partial charge in [0, 0.05) is 30.2 Å². The standard InChI is InChI=1S/C15H21BrN2O3/c1-15(2,3)21-14(20)18(4)10-9-17-13(19)11-5-7-12(16)8-6-11/h5-8H,9-10H2,1-4H3,(H,17,19). The van der Waals surface area contributed by atoms with Crippen LogP contribution in [0.4, 0.5) is 4.79 Å². The largest absolute Gasteiger partial charge is 0.444 e. The lowest BCUT2D eigenvalue weighted by Crippen LogP contribution is -2.39. The van der Waals surface area contributed by atoms with E-state index >= 15 is 0 Å². The van der Waals surface area contributed by atoms with Gasteiger partial charge in [-0.05, 0) is 45.0 Å². The summed E-state index contributed by atoms with van der Waals surface area (Å²) >= 11 is 3.32. The molecule has 0 aliphatic heterocycles. The van der Waals surface area contributed by atoms with E-state index < -0.39 is 11.7 Å². The molecule has 0 aliphatic carbocycles. The summed E-state index contributed by atoms with van der Waals surface area (Å²) in [4.78, 5) is 25.0. The van der Waals surface area contributed by atoms with E-state index in [1.54, 1.807) is 19.2 Å². The van der Waals surface area contributed by atoms with Gasteiger partial charge < -0.3 is 15.0 Å². The first-order valence-corrected chi connectivity index (χ1v) is 7.46. The minimum absolute atomic E-state index is 0.167. The zero-order valence-electron chi connectivity index (χ0n) is 12.8. The van der Waals surface area contributed by atoms with Gasteiger partial charge in [-0.25, -0.2) is 4.79 Å². The van der Waals surface area contributed by atoms with E-state index in [-0.39, 0.29) is 5.91 Å². The number of carbonyl (C=O) groups excluding carboxylic acids is 2. The van der Waals surface area contributed by atoms with Crippen LogP contribution < -0.4 is 5.32 Å². The number of ether oxygens (including phenoxy) is 1. The monoisotopic (exact) mass is 356 g/mol. The van der Waals surface area contributed by atoms with Gasteiger partial charge in [-0.2, -0.15) is 0 Å². The molecule has 1 N–H and O–H groups in total. The smallest absolute Gasteiger partial charge is 0.410 e. The Balaban J connectivity index is 2.37. The van der Waals surface area contributed by atoms with Crippen LogP contribution >= 0.6 is 15.9 Å². The number of halogens is 1. The van der Waals surface area contributed by atoms with Crippen molar-refractivity contribution in [2.45, 2.75) is 26.4 Å². The van der Waals surface area contributed by atoms with Crippen LogP contribution in [0.2, 0.25) is 0 Å². The molecule has 0 atom stereocenters. The van der Waals surface area contributed by atoms with Crippen LogP contribution in [0.1, 0.15) is 31.1 Å². The summed E-state index contributed by atoms with van der Waals surface area (Å²) in [6.07, 6.45) is -0.402.